The Kier molecular flexibility index (Phi) is 4.37. The van der Waals surface area contributed by atoms with Gasteiger partial charge in [-0.2, -0.15) is 4.98 Å². The fraction of sp³-hybridized carbons (Fsp3) is 0.615. The van der Waals surface area contributed by atoms with Crippen LogP contribution >= 0.6 is 0 Å². The quantitative estimate of drug-likeness (QED) is 0.895. The van der Waals surface area contributed by atoms with Crippen LogP contribution in [0.1, 0.15) is 20.3 Å². The highest BCUT2D eigenvalue weighted by Crippen LogP contribution is 2.26. The van der Waals surface area contributed by atoms with Crippen molar-refractivity contribution in [2.24, 2.45) is 0 Å². The van der Waals surface area contributed by atoms with Crippen molar-refractivity contribution in [2.45, 2.75) is 26.3 Å². The van der Waals surface area contributed by atoms with Crippen LogP contribution in [0.2, 0.25) is 0 Å². The monoisotopic (exact) mass is 299 g/mol. The molecule has 112 valence electrons. The van der Waals surface area contributed by atoms with Gasteiger partial charge in [-0.15, -0.1) is 0 Å². The maximum absolute atomic E-state index is 11.6. The molecule has 2 N–H and O–H groups in total. The fourth-order valence-electron chi connectivity index (χ4n) is 2.25. The summed E-state index contributed by atoms with van der Waals surface area (Å²) in [5.74, 6) is 1.45. The van der Waals surface area contributed by atoms with E-state index in [2.05, 4.69) is 4.98 Å². The lowest BCUT2D eigenvalue weighted by Crippen LogP contribution is -2.47. The van der Waals surface area contributed by atoms with E-state index < -0.39 is 9.84 Å². The average Bonchev–Trinajstić information content (AvgIpc) is 2.37. The molecule has 1 aliphatic heterocycles. The van der Waals surface area contributed by atoms with Crippen LogP contribution < -0.4 is 15.4 Å². The zero-order valence-electron chi connectivity index (χ0n) is 11.9. The van der Waals surface area contributed by atoms with Gasteiger partial charge in [-0.1, -0.05) is 6.92 Å². The molecular formula is C13H21N3O3S. The van der Waals surface area contributed by atoms with Gasteiger partial charge in [0.25, 0.3) is 0 Å². The molecule has 1 aliphatic rings. The zero-order chi connectivity index (χ0) is 14.8. The number of anilines is 2. The smallest absolute Gasteiger partial charge is 0.239 e. The molecule has 6 nitrogen and oxygen atoms in total. The first-order valence-corrected chi connectivity index (χ1v) is 8.61. The molecule has 0 spiro atoms. The second kappa shape index (κ2) is 5.87. The van der Waals surface area contributed by atoms with E-state index in [1.807, 2.05) is 24.8 Å². The van der Waals surface area contributed by atoms with E-state index in [4.69, 9.17) is 10.5 Å². The van der Waals surface area contributed by atoms with Crippen LogP contribution in [0.4, 0.5) is 11.5 Å². The van der Waals surface area contributed by atoms with Crippen molar-refractivity contribution in [2.75, 3.05) is 35.3 Å². The molecule has 7 heteroatoms. The SMILES string of the molecule is CCCOc1nc(N2CCS(=O)(=O)CC2C)ccc1N. The Balaban J connectivity index is 2.20. The highest BCUT2D eigenvalue weighted by molar-refractivity contribution is 7.91. The van der Waals surface area contributed by atoms with E-state index >= 15 is 0 Å². The number of nitrogen functional groups attached to an aromatic ring is 1. The van der Waals surface area contributed by atoms with E-state index in [0.29, 0.717) is 30.5 Å². The summed E-state index contributed by atoms with van der Waals surface area (Å²) >= 11 is 0. The first-order chi connectivity index (χ1) is 9.43. The Morgan fingerprint density at radius 1 is 1.50 bits per heavy atom. The van der Waals surface area contributed by atoms with E-state index in [0.717, 1.165) is 6.42 Å². The number of hydrogen-bond donors (Lipinski definition) is 1. The molecule has 0 radical (unpaired) electrons. The van der Waals surface area contributed by atoms with Crippen molar-refractivity contribution in [3.63, 3.8) is 0 Å². The first kappa shape index (κ1) is 14.9. The highest BCUT2D eigenvalue weighted by Gasteiger charge is 2.29. The van der Waals surface area contributed by atoms with Crippen LogP contribution in [-0.2, 0) is 9.84 Å². The maximum atomic E-state index is 11.6. The minimum absolute atomic E-state index is 0.0936. The summed E-state index contributed by atoms with van der Waals surface area (Å²) < 4.78 is 28.7. The van der Waals surface area contributed by atoms with Gasteiger partial charge in [0.05, 0.1) is 23.8 Å². The topological polar surface area (TPSA) is 85.5 Å². The maximum Gasteiger partial charge on any atom is 0.239 e. The fourth-order valence-corrected chi connectivity index (χ4v) is 3.81. The van der Waals surface area contributed by atoms with Crippen LogP contribution in [-0.4, -0.2) is 44.1 Å². The molecule has 20 heavy (non-hydrogen) atoms. The van der Waals surface area contributed by atoms with E-state index in [1.54, 1.807) is 6.07 Å². The number of ether oxygens (including phenoxy) is 1. The third-order valence-corrected chi connectivity index (χ3v) is 5.08. The number of nitrogens with zero attached hydrogens (tertiary/aromatic N) is 2. The molecule has 0 aliphatic carbocycles. The molecule has 0 saturated carbocycles. The van der Waals surface area contributed by atoms with Crippen LogP contribution in [0.5, 0.6) is 5.88 Å². The lowest BCUT2D eigenvalue weighted by Gasteiger charge is -2.34. The molecular weight excluding hydrogens is 278 g/mol. The predicted octanol–water partition coefficient (Wildman–Crippen LogP) is 1.08. The molecule has 1 aromatic rings. The second-order valence-electron chi connectivity index (χ2n) is 5.07. The zero-order valence-corrected chi connectivity index (χ0v) is 12.7. The molecule has 1 aromatic heterocycles. The minimum Gasteiger partial charge on any atom is -0.476 e. The third-order valence-electron chi connectivity index (χ3n) is 3.28. The molecule has 2 heterocycles. The van der Waals surface area contributed by atoms with Gasteiger partial charge < -0.3 is 15.4 Å². The Morgan fingerprint density at radius 2 is 2.25 bits per heavy atom. The summed E-state index contributed by atoms with van der Waals surface area (Å²) in [7, 11) is -2.93. The third kappa shape index (κ3) is 3.33. The van der Waals surface area contributed by atoms with Crippen LogP contribution in [0.15, 0.2) is 12.1 Å². The Morgan fingerprint density at radius 3 is 2.90 bits per heavy atom. The molecule has 1 atom stereocenters. The Bertz CT molecular complexity index is 574. The van der Waals surface area contributed by atoms with Crippen molar-refractivity contribution in [3.05, 3.63) is 12.1 Å². The molecule has 0 aromatic carbocycles. The predicted molar refractivity (Wildman–Crippen MR) is 79.9 cm³/mol. The Hall–Kier alpha value is -1.50. The summed E-state index contributed by atoms with van der Waals surface area (Å²) in [6.45, 7) is 4.91. The highest BCUT2D eigenvalue weighted by atomic mass is 32.2. The number of hydrogen-bond acceptors (Lipinski definition) is 6. The molecule has 0 bridgehead atoms. The lowest BCUT2D eigenvalue weighted by molar-refractivity contribution is 0.307. The van der Waals surface area contributed by atoms with Gasteiger partial charge in [-0.3, -0.25) is 0 Å². The standard InChI is InChI=1S/C13H21N3O3S/c1-3-7-19-13-11(14)4-5-12(15-13)16-6-8-20(17,18)9-10(16)2/h4-5,10H,3,6-9,14H2,1-2H3. The molecule has 0 amide bonds. The van der Waals surface area contributed by atoms with Crippen molar-refractivity contribution < 1.29 is 13.2 Å². The van der Waals surface area contributed by atoms with Gasteiger partial charge in [-0.05, 0) is 25.5 Å². The average molecular weight is 299 g/mol. The van der Waals surface area contributed by atoms with E-state index in [-0.39, 0.29) is 17.5 Å². The van der Waals surface area contributed by atoms with Gasteiger partial charge >= 0.3 is 0 Å². The molecule has 2 rings (SSSR count). The summed E-state index contributed by atoms with van der Waals surface area (Å²) in [5, 5.41) is 0. The van der Waals surface area contributed by atoms with Gasteiger partial charge in [0.15, 0.2) is 9.84 Å². The minimum atomic E-state index is -2.93. The van der Waals surface area contributed by atoms with Crippen LogP contribution in [0.25, 0.3) is 0 Å². The lowest BCUT2D eigenvalue weighted by atomic mass is 10.3. The largest absolute Gasteiger partial charge is 0.476 e. The molecule has 1 unspecified atom stereocenters. The van der Waals surface area contributed by atoms with Gasteiger partial charge in [0, 0.05) is 12.6 Å². The summed E-state index contributed by atoms with van der Waals surface area (Å²) in [6, 6.07) is 3.47. The van der Waals surface area contributed by atoms with Crippen molar-refractivity contribution >= 4 is 21.3 Å². The van der Waals surface area contributed by atoms with Crippen LogP contribution in [0, 0.1) is 0 Å². The van der Waals surface area contributed by atoms with E-state index in [1.165, 1.54) is 0 Å². The number of sulfone groups is 1. The molecule has 1 saturated heterocycles. The van der Waals surface area contributed by atoms with Crippen LogP contribution in [0.3, 0.4) is 0 Å². The number of aromatic nitrogens is 1. The Labute approximate surface area is 119 Å². The normalized spacial score (nSPS) is 21.7. The number of nitrogens with two attached hydrogens (primary N) is 1. The summed E-state index contributed by atoms with van der Waals surface area (Å²) in [4.78, 5) is 6.40. The first-order valence-electron chi connectivity index (χ1n) is 6.79. The van der Waals surface area contributed by atoms with Gasteiger partial charge in [-0.25, -0.2) is 8.42 Å². The van der Waals surface area contributed by atoms with Gasteiger partial charge in [0.1, 0.15) is 5.82 Å². The van der Waals surface area contributed by atoms with Gasteiger partial charge in [0.2, 0.25) is 5.88 Å². The van der Waals surface area contributed by atoms with Crippen molar-refractivity contribution in [1.29, 1.82) is 0 Å². The number of rotatable bonds is 4. The van der Waals surface area contributed by atoms with E-state index in [9.17, 15) is 8.42 Å². The number of pyridine rings is 1. The second-order valence-corrected chi connectivity index (χ2v) is 7.30. The van der Waals surface area contributed by atoms with Crippen molar-refractivity contribution in [1.82, 2.24) is 4.98 Å². The molecule has 1 fully saturated rings. The summed E-state index contributed by atoms with van der Waals surface area (Å²) in [6.07, 6.45) is 0.879. The summed E-state index contributed by atoms with van der Waals surface area (Å²) in [5.41, 5.74) is 6.34. The van der Waals surface area contributed by atoms with Crippen molar-refractivity contribution in [3.8, 4) is 5.88 Å².